The maximum Gasteiger partial charge on any atom is 0.179 e. The zero-order valence-corrected chi connectivity index (χ0v) is 37.5. The number of hydrogen-bond acceptors (Lipinski definition) is 4. The molecule has 0 aliphatic carbocycles. The summed E-state index contributed by atoms with van der Waals surface area (Å²) in [6.07, 6.45) is 0. The van der Waals surface area contributed by atoms with Crippen LogP contribution in [-0.2, 0) is 0 Å². The van der Waals surface area contributed by atoms with Crippen molar-refractivity contribution in [1.82, 2.24) is 19.5 Å². The Hall–Kier alpha value is -8.55. The number of hydrogen-bond donors (Lipinski definition) is 0. The first-order chi connectivity index (χ1) is 43.8. The Morgan fingerprint density at radius 1 is 0.377 bits per heavy atom. The minimum atomic E-state index is -3.40. The van der Waals surface area contributed by atoms with Gasteiger partial charge < -0.3 is 4.57 Å². The van der Waals surface area contributed by atoms with Crippen molar-refractivity contribution in [2.24, 2.45) is 0 Å². The molecule has 0 fully saturated rings. The highest BCUT2D eigenvalue weighted by atomic mass is 32.1. The van der Waals surface area contributed by atoms with Gasteiger partial charge in [0.05, 0.1) is 48.2 Å². The Morgan fingerprint density at radius 2 is 0.870 bits per heavy atom. The van der Waals surface area contributed by atoms with Crippen molar-refractivity contribution >= 4 is 82.1 Å². The topological polar surface area (TPSA) is 43.6 Å². The summed E-state index contributed by atoms with van der Waals surface area (Å²) in [5.74, 6) is -1.57. The van der Waals surface area contributed by atoms with Crippen molar-refractivity contribution in [2.45, 2.75) is 0 Å². The lowest BCUT2D eigenvalue weighted by molar-refractivity contribution is 1.06. The van der Waals surface area contributed by atoms with Gasteiger partial charge in [-0.3, -0.25) is 0 Å². The highest BCUT2D eigenvalue weighted by Gasteiger charge is 2.41. The van der Waals surface area contributed by atoms with Crippen LogP contribution in [0.3, 0.4) is 0 Å². The standard InChI is InChI=1S/C63H42N4SSi/c1-4-21-46(22-5-1)69(47-23-6-2-7-24-47,48-25-8-3-9-26-48)49-27-18-20-45(42-49)62-64-61(44-40-38-43(39-41-44)50-32-19-33-54-53-30-13-17-37-59(53)68-60(50)54)65-63(66-62)55-31-12-16-36-58(55)67-56-34-14-10-28-51(56)52-29-11-15-35-57(52)67/h1-42H/i10D,11D,12D,13D,14D,15D,16D,17D,19D,28D,29D,30D,31D,32D,33D,34D,35D,36D,37D,38D,39D,40D,41D. The van der Waals surface area contributed by atoms with Crippen molar-refractivity contribution in [2.75, 3.05) is 0 Å². The van der Waals surface area contributed by atoms with Crippen LogP contribution < -0.4 is 20.7 Å². The van der Waals surface area contributed by atoms with Gasteiger partial charge in [-0.15, -0.1) is 11.3 Å². The summed E-state index contributed by atoms with van der Waals surface area (Å²) < 4.78 is 212. The minimum absolute atomic E-state index is 0.0528. The van der Waals surface area contributed by atoms with Crippen LogP contribution in [0.15, 0.2) is 254 Å². The summed E-state index contributed by atoms with van der Waals surface area (Å²) in [4.78, 5) is 14.6. The Kier molecular flexibility index (Phi) is 5.76. The van der Waals surface area contributed by atoms with Crippen LogP contribution in [0.2, 0.25) is 0 Å². The number of nitrogens with zero attached hydrogens (tertiary/aromatic N) is 4. The summed E-state index contributed by atoms with van der Waals surface area (Å²) in [5.41, 5.74) is -3.67. The summed E-state index contributed by atoms with van der Waals surface area (Å²) in [5, 5.41) is 2.49. The molecule has 6 heteroatoms. The molecule has 324 valence electrons. The number of thiophene rings is 1. The Bertz CT molecular complexity index is 5200. The van der Waals surface area contributed by atoms with Crippen molar-refractivity contribution in [1.29, 1.82) is 0 Å². The average Bonchev–Trinajstić information content (AvgIpc) is 1.52. The number of para-hydroxylation sites is 3. The molecule has 0 atom stereocenters. The van der Waals surface area contributed by atoms with E-state index in [0.717, 1.165) is 36.7 Å². The monoisotopic (exact) mass is 937 g/mol. The molecule has 69 heavy (non-hydrogen) atoms. The molecule has 0 bridgehead atoms. The van der Waals surface area contributed by atoms with Crippen molar-refractivity contribution in [3.05, 3.63) is 254 Å². The van der Waals surface area contributed by atoms with Crippen LogP contribution in [0.4, 0.5) is 0 Å². The molecule has 0 unspecified atom stereocenters. The third-order valence-electron chi connectivity index (χ3n) is 12.0. The first-order valence-electron chi connectivity index (χ1n) is 33.0. The Labute approximate surface area is 437 Å². The quantitative estimate of drug-likeness (QED) is 0.107. The molecule has 3 heterocycles. The first kappa shape index (κ1) is 23.4. The van der Waals surface area contributed by atoms with Gasteiger partial charge in [-0.05, 0) is 62.1 Å². The van der Waals surface area contributed by atoms with Crippen molar-refractivity contribution < 1.29 is 31.5 Å². The van der Waals surface area contributed by atoms with Crippen LogP contribution in [0.25, 0.3) is 93.0 Å². The maximum absolute atomic E-state index is 9.85. The second-order valence-corrected chi connectivity index (χ2v) is 20.6. The zero-order chi connectivity index (χ0) is 65.7. The predicted octanol–water partition coefficient (Wildman–Crippen LogP) is 13.4. The van der Waals surface area contributed by atoms with E-state index in [1.807, 2.05) is 103 Å². The number of aromatic nitrogens is 4. The van der Waals surface area contributed by atoms with E-state index in [1.165, 1.54) is 0 Å². The van der Waals surface area contributed by atoms with Gasteiger partial charge in [-0.25, -0.2) is 15.0 Å². The summed E-state index contributed by atoms with van der Waals surface area (Å²) in [7, 11) is -3.40. The molecule has 0 aliphatic rings. The highest BCUT2D eigenvalue weighted by Crippen LogP contribution is 2.41. The molecule has 0 N–H and O–H groups in total. The van der Waals surface area contributed by atoms with Crippen molar-refractivity contribution in [3.8, 4) is 51.0 Å². The smallest absolute Gasteiger partial charge is 0.179 e. The second kappa shape index (κ2) is 17.0. The largest absolute Gasteiger partial charge is 0.309 e. The fourth-order valence-electron chi connectivity index (χ4n) is 9.02. The lowest BCUT2D eigenvalue weighted by atomic mass is 10.0. The third-order valence-corrected chi connectivity index (χ3v) is 17.9. The Morgan fingerprint density at radius 3 is 1.52 bits per heavy atom. The van der Waals surface area contributed by atoms with E-state index in [2.05, 4.69) is 0 Å². The molecule has 0 amide bonds. The maximum atomic E-state index is 9.85. The van der Waals surface area contributed by atoms with E-state index in [0.29, 0.717) is 0 Å². The average molecular weight is 938 g/mol. The van der Waals surface area contributed by atoms with Gasteiger partial charge >= 0.3 is 0 Å². The first-order valence-corrected chi connectivity index (χ1v) is 24.3. The lowest BCUT2D eigenvalue weighted by Gasteiger charge is -2.34. The fourth-order valence-corrected chi connectivity index (χ4v) is 14.9. The van der Waals surface area contributed by atoms with E-state index in [4.69, 9.17) is 32.8 Å². The van der Waals surface area contributed by atoms with Gasteiger partial charge in [-0.1, -0.05) is 224 Å². The molecular weight excluding hydrogens is 873 g/mol. The molecule has 0 radical (unpaired) electrons. The molecule has 10 aromatic carbocycles. The molecule has 0 spiro atoms. The van der Waals surface area contributed by atoms with Gasteiger partial charge in [0, 0.05) is 47.6 Å². The molecular formula is C63H42N4SSi. The van der Waals surface area contributed by atoms with E-state index in [1.54, 1.807) is 12.1 Å². The number of fused-ring (bicyclic) bond motifs is 6. The van der Waals surface area contributed by atoms with E-state index in [9.17, 15) is 13.7 Å². The number of rotatable bonds is 9. The Balaban J connectivity index is 1.17. The van der Waals surface area contributed by atoms with Gasteiger partial charge in [0.15, 0.2) is 25.5 Å². The molecule has 0 aliphatic heterocycles. The molecule has 4 nitrogen and oxygen atoms in total. The van der Waals surface area contributed by atoms with E-state index >= 15 is 0 Å². The second-order valence-electron chi connectivity index (χ2n) is 15.8. The summed E-state index contributed by atoms with van der Waals surface area (Å²) in [6, 6.07) is 19.1. The van der Waals surface area contributed by atoms with Gasteiger partial charge in [0.25, 0.3) is 0 Å². The van der Waals surface area contributed by atoms with Crippen LogP contribution in [0.1, 0.15) is 31.5 Å². The third kappa shape index (κ3) is 6.83. The van der Waals surface area contributed by atoms with Gasteiger partial charge in [0.1, 0.15) is 0 Å². The molecule has 0 saturated heterocycles. The van der Waals surface area contributed by atoms with E-state index < -0.39 is 203 Å². The summed E-state index contributed by atoms with van der Waals surface area (Å²) >= 11 is 0.722. The molecule has 0 saturated carbocycles. The minimum Gasteiger partial charge on any atom is -0.309 e. The fraction of sp³-hybridized carbons (Fsp3) is 0. The highest BCUT2D eigenvalue weighted by molar-refractivity contribution is 7.26. The van der Waals surface area contributed by atoms with Crippen molar-refractivity contribution in [3.63, 3.8) is 0 Å². The van der Waals surface area contributed by atoms with Gasteiger partial charge in [-0.2, -0.15) is 0 Å². The molecule has 3 aromatic heterocycles. The molecule has 13 rings (SSSR count). The predicted molar refractivity (Wildman–Crippen MR) is 292 cm³/mol. The van der Waals surface area contributed by atoms with Crippen LogP contribution in [-0.4, -0.2) is 27.6 Å². The van der Waals surface area contributed by atoms with Crippen LogP contribution >= 0.6 is 11.3 Å². The van der Waals surface area contributed by atoms with Crippen LogP contribution in [0, 0.1) is 0 Å². The van der Waals surface area contributed by atoms with E-state index in [-0.39, 0.29) is 37.1 Å². The lowest BCUT2D eigenvalue weighted by Crippen LogP contribution is -2.74. The normalized spacial score (nSPS) is 16.4. The number of benzene rings is 10. The zero-order valence-electron chi connectivity index (χ0n) is 58.7. The summed E-state index contributed by atoms with van der Waals surface area (Å²) in [6.45, 7) is 0. The van der Waals surface area contributed by atoms with Crippen LogP contribution in [0.5, 0.6) is 0 Å². The van der Waals surface area contributed by atoms with Gasteiger partial charge in [0.2, 0.25) is 0 Å². The SMILES string of the molecule is [2H]c1c([2H])c([2H])c(-n2c3c([2H])c([2H])c([2H])c([2H])c3c3c([2H])c([2H])c([2H])c([2H])c32)c(-c2nc(-c3cccc([Si](c4ccccc4)(c4ccccc4)c4ccccc4)c3)nc(-c3c([2H])c([2H])c(-c4c([2H])c([2H])c([2H])c5c4sc4c([2H])c([2H])c([2H])c([2H])c45)c([2H])c3[2H])n2)c1[2H]. The molecule has 13 aromatic rings.